The number of anilines is 2. The van der Waals surface area contributed by atoms with Crippen LogP contribution in [0.15, 0.2) is 6.20 Å². The summed E-state index contributed by atoms with van der Waals surface area (Å²) in [6.45, 7) is 1.10. The molecule has 2 aliphatic rings. The number of piperidine rings is 1. The van der Waals surface area contributed by atoms with Gasteiger partial charge in [0.05, 0.1) is 16.9 Å². The van der Waals surface area contributed by atoms with E-state index in [2.05, 4.69) is 15.3 Å². The minimum absolute atomic E-state index is 0.00406. The smallest absolute Gasteiger partial charge is 0.329 e. The van der Waals surface area contributed by atoms with Gasteiger partial charge in [0.2, 0.25) is 17.7 Å². The SMILES string of the molecule is Nc1ncc([N+](=O)[O-])c(N2CCCC3C(=O)NCC32)n1. The number of nitrogen functional groups attached to an aromatic ring is 1. The van der Waals surface area contributed by atoms with Gasteiger partial charge in [-0.05, 0) is 12.8 Å². The van der Waals surface area contributed by atoms with Crippen LogP contribution in [-0.4, -0.2) is 39.9 Å². The van der Waals surface area contributed by atoms with E-state index < -0.39 is 4.92 Å². The minimum atomic E-state index is -0.525. The number of rotatable bonds is 2. The predicted molar refractivity (Wildman–Crippen MR) is 70.0 cm³/mol. The molecule has 0 saturated carbocycles. The van der Waals surface area contributed by atoms with Crippen molar-refractivity contribution in [2.45, 2.75) is 18.9 Å². The van der Waals surface area contributed by atoms with Crippen molar-refractivity contribution in [3.8, 4) is 0 Å². The molecule has 9 nitrogen and oxygen atoms in total. The molecular weight excluding hydrogens is 264 g/mol. The molecule has 0 aliphatic carbocycles. The first-order chi connectivity index (χ1) is 9.58. The van der Waals surface area contributed by atoms with Crippen molar-refractivity contribution in [2.75, 3.05) is 23.7 Å². The summed E-state index contributed by atoms with van der Waals surface area (Å²) in [7, 11) is 0. The molecule has 9 heteroatoms. The Kier molecular flexibility index (Phi) is 2.88. The summed E-state index contributed by atoms with van der Waals surface area (Å²) in [5.74, 6) is 0.0580. The number of nitro groups is 1. The minimum Gasteiger partial charge on any atom is -0.368 e. The number of nitrogens with two attached hydrogens (primary N) is 1. The Bertz CT molecular complexity index is 577. The van der Waals surface area contributed by atoms with Crippen molar-refractivity contribution in [1.29, 1.82) is 0 Å². The number of hydrogen-bond acceptors (Lipinski definition) is 7. The van der Waals surface area contributed by atoms with Crippen molar-refractivity contribution in [1.82, 2.24) is 15.3 Å². The van der Waals surface area contributed by atoms with Gasteiger partial charge in [-0.3, -0.25) is 14.9 Å². The number of carbonyl (C=O) groups is 1. The van der Waals surface area contributed by atoms with Crippen LogP contribution in [0.1, 0.15) is 12.8 Å². The lowest BCUT2D eigenvalue weighted by Crippen LogP contribution is -2.46. The zero-order valence-corrected chi connectivity index (χ0v) is 10.7. The topological polar surface area (TPSA) is 127 Å². The molecule has 2 fully saturated rings. The van der Waals surface area contributed by atoms with Gasteiger partial charge in [-0.25, -0.2) is 4.98 Å². The van der Waals surface area contributed by atoms with Crippen LogP contribution in [0.2, 0.25) is 0 Å². The Balaban J connectivity index is 2.01. The molecule has 0 radical (unpaired) electrons. The highest BCUT2D eigenvalue weighted by Crippen LogP contribution is 2.35. The number of carbonyl (C=O) groups excluding carboxylic acids is 1. The molecule has 2 saturated heterocycles. The summed E-state index contributed by atoms with van der Waals surface area (Å²) in [5, 5.41) is 13.9. The van der Waals surface area contributed by atoms with Crippen molar-refractivity contribution in [3.63, 3.8) is 0 Å². The van der Waals surface area contributed by atoms with E-state index in [1.54, 1.807) is 0 Å². The number of fused-ring (bicyclic) bond motifs is 1. The maximum absolute atomic E-state index is 11.7. The second-order valence-electron chi connectivity index (χ2n) is 4.95. The lowest BCUT2D eigenvalue weighted by molar-refractivity contribution is -0.384. The molecule has 2 aliphatic heterocycles. The van der Waals surface area contributed by atoms with E-state index in [4.69, 9.17) is 5.73 Å². The average Bonchev–Trinajstić information content (AvgIpc) is 2.80. The lowest BCUT2D eigenvalue weighted by Gasteiger charge is -2.36. The molecule has 106 valence electrons. The van der Waals surface area contributed by atoms with Crippen LogP contribution in [0.4, 0.5) is 17.5 Å². The monoisotopic (exact) mass is 278 g/mol. The van der Waals surface area contributed by atoms with Gasteiger partial charge in [0.25, 0.3) is 0 Å². The largest absolute Gasteiger partial charge is 0.368 e. The number of nitrogens with zero attached hydrogens (tertiary/aromatic N) is 4. The first kappa shape index (κ1) is 12.6. The normalized spacial score (nSPS) is 25.2. The Morgan fingerprint density at radius 2 is 2.35 bits per heavy atom. The van der Waals surface area contributed by atoms with Gasteiger partial charge in [0.15, 0.2) is 0 Å². The molecule has 2 atom stereocenters. The van der Waals surface area contributed by atoms with E-state index in [1.807, 2.05) is 4.90 Å². The quantitative estimate of drug-likeness (QED) is 0.560. The Hall–Kier alpha value is -2.45. The van der Waals surface area contributed by atoms with Gasteiger partial charge in [-0.15, -0.1) is 0 Å². The molecule has 1 aromatic heterocycles. The molecule has 0 spiro atoms. The lowest BCUT2D eigenvalue weighted by atomic mass is 9.91. The molecule has 3 rings (SSSR count). The van der Waals surface area contributed by atoms with Crippen LogP contribution in [0.3, 0.4) is 0 Å². The molecule has 20 heavy (non-hydrogen) atoms. The van der Waals surface area contributed by atoms with Gasteiger partial charge < -0.3 is 16.0 Å². The van der Waals surface area contributed by atoms with E-state index in [-0.39, 0.29) is 35.3 Å². The first-order valence-corrected chi connectivity index (χ1v) is 6.39. The molecule has 0 bridgehead atoms. The molecule has 1 amide bonds. The van der Waals surface area contributed by atoms with E-state index in [9.17, 15) is 14.9 Å². The summed E-state index contributed by atoms with van der Waals surface area (Å²) >= 11 is 0. The summed E-state index contributed by atoms with van der Waals surface area (Å²) in [6, 6.07) is -0.107. The fraction of sp³-hybridized carbons (Fsp3) is 0.545. The average molecular weight is 278 g/mol. The molecule has 2 unspecified atom stereocenters. The number of nitrogens with one attached hydrogen (secondary N) is 1. The van der Waals surface area contributed by atoms with E-state index >= 15 is 0 Å². The Morgan fingerprint density at radius 1 is 1.55 bits per heavy atom. The van der Waals surface area contributed by atoms with Crippen molar-refractivity contribution in [2.24, 2.45) is 5.92 Å². The molecule has 3 heterocycles. The third kappa shape index (κ3) is 1.91. The van der Waals surface area contributed by atoms with Gasteiger partial charge >= 0.3 is 5.69 Å². The standard InChI is InChI=1S/C11H14N6O3/c12-11-14-5-8(17(19)20)9(15-11)16-3-1-2-6-7(16)4-13-10(6)18/h5-7H,1-4H2,(H,13,18)(H2,12,14,15). The van der Waals surface area contributed by atoms with Crippen LogP contribution in [0, 0.1) is 16.0 Å². The van der Waals surface area contributed by atoms with E-state index in [0.717, 1.165) is 19.0 Å². The third-order valence-corrected chi connectivity index (χ3v) is 3.84. The first-order valence-electron chi connectivity index (χ1n) is 6.39. The van der Waals surface area contributed by atoms with Gasteiger partial charge in [-0.1, -0.05) is 0 Å². The third-order valence-electron chi connectivity index (χ3n) is 3.84. The fourth-order valence-corrected chi connectivity index (χ4v) is 2.93. The fourth-order valence-electron chi connectivity index (χ4n) is 2.93. The number of aromatic nitrogens is 2. The van der Waals surface area contributed by atoms with E-state index in [0.29, 0.717) is 13.1 Å². The van der Waals surface area contributed by atoms with Crippen LogP contribution in [-0.2, 0) is 4.79 Å². The Labute approximate surface area is 114 Å². The molecular formula is C11H14N6O3. The summed E-state index contributed by atoms with van der Waals surface area (Å²) < 4.78 is 0. The van der Waals surface area contributed by atoms with Crippen molar-refractivity contribution in [3.05, 3.63) is 16.3 Å². The Morgan fingerprint density at radius 3 is 3.10 bits per heavy atom. The van der Waals surface area contributed by atoms with Crippen LogP contribution < -0.4 is 16.0 Å². The molecule has 1 aromatic rings. The van der Waals surface area contributed by atoms with Crippen LogP contribution >= 0.6 is 0 Å². The van der Waals surface area contributed by atoms with Crippen LogP contribution in [0.5, 0.6) is 0 Å². The van der Waals surface area contributed by atoms with Gasteiger partial charge in [-0.2, -0.15) is 4.98 Å². The summed E-state index contributed by atoms with van der Waals surface area (Å²) in [4.78, 5) is 31.8. The zero-order valence-electron chi connectivity index (χ0n) is 10.7. The predicted octanol–water partition coefficient (Wildman–Crippen LogP) is -0.318. The molecule has 3 N–H and O–H groups in total. The maximum Gasteiger partial charge on any atom is 0.329 e. The summed E-state index contributed by atoms with van der Waals surface area (Å²) in [5.41, 5.74) is 5.36. The maximum atomic E-state index is 11.7. The highest BCUT2D eigenvalue weighted by atomic mass is 16.6. The number of amides is 1. The van der Waals surface area contributed by atoms with Crippen molar-refractivity contribution < 1.29 is 9.72 Å². The van der Waals surface area contributed by atoms with Gasteiger partial charge in [0, 0.05) is 13.1 Å². The van der Waals surface area contributed by atoms with Crippen LogP contribution in [0.25, 0.3) is 0 Å². The zero-order chi connectivity index (χ0) is 14.3. The molecule has 0 aromatic carbocycles. The van der Waals surface area contributed by atoms with E-state index in [1.165, 1.54) is 0 Å². The van der Waals surface area contributed by atoms with Gasteiger partial charge in [0.1, 0.15) is 6.20 Å². The van der Waals surface area contributed by atoms with Crippen molar-refractivity contribution >= 4 is 23.4 Å². The number of hydrogen-bond donors (Lipinski definition) is 2. The second-order valence-corrected chi connectivity index (χ2v) is 4.95. The summed E-state index contributed by atoms with van der Waals surface area (Å²) in [6.07, 6.45) is 2.70. The highest BCUT2D eigenvalue weighted by Gasteiger charge is 2.43. The highest BCUT2D eigenvalue weighted by molar-refractivity contribution is 5.83. The second kappa shape index (κ2) is 4.58.